The van der Waals surface area contributed by atoms with E-state index in [4.69, 9.17) is 0 Å². The zero-order valence-corrected chi connectivity index (χ0v) is 11.8. The molecule has 0 atom stereocenters. The lowest BCUT2D eigenvalue weighted by Crippen LogP contribution is -2.03. The maximum Gasteiger partial charge on any atom is 0.198 e. The van der Waals surface area contributed by atoms with Crippen LogP contribution in [-0.2, 0) is 0 Å². The molecule has 1 nitrogen and oxygen atoms in total. The molecule has 0 fully saturated rings. The Hall–Kier alpha value is -1.41. The van der Waals surface area contributed by atoms with Crippen molar-refractivity contribution in [2.24, 2.45) is 0 Å². The van der Waals surface area contributed by atoms with Gasteiger partial charge in [-0.2, -0.15) is 0 Å². The zero-order chi connectivity index (χ0) is 13.1. The second kappa shape index (κ2) is 5.70. The van der Waals surface area contributed by atoms with Gasteiger partial charge in [0.05, 0.1) is 4.88 Å². The first-order valence-corrected chi connectivity index (χ1v) is 7.88. The third kappa shape index (κ3) is 2.79. The van der Waals surface area contributed by atoms with Gasteiger partial charge in [0.1, 0.15) is 0 Å². The Labute approximate surface area is 118 Å². The number of fused-ring (bicyclic) bond motifs is 1. The summed E-state index contributed by atoms with van der Waals surface area (Å²) in [6, 6.07) is 10.3. The van der Waals surface area contributed by atoms with Crippen LogP contribution in [0, 0.1) is 0 Å². The second-order valence-corrected chi connectivity index (χ2v) is 6.24. The molecule has 0 N–H and O–H groups in total. The van der Waals surface area contributed by atoms with Gasteiger partial charge in [0.2, 0.25) is 0 Å². The van der Waals surface area contributed by atoms with Gasteiger partial charge in [0.15, 0.2) is 5.78 Å². The van der Waals surface area contributed by atoms with E-state index in [9.17, 15) is 4.79 Å². The van der Waals surface area contributed by atoms with Gasteiger partial charge in [0.25, 0.3) is 0 Å². The van der Waals surface area contributed by atoms with Crippen LogP contribution in [0.3, 0.4) is 0 Å². The third-order valence-electron chi connectivity index (χ3n) is 3.73. The molecule has 2 heteroatoms. The molecule has 1 aromatic carbocycles. The summed E-state index contributed by atoms with van der Waals surface area (Å²) in [5.41, 5.74) is 1.03. The number of thiophene rings is 1. The van der Waals surface area contributed by atoms with Crippen LogP contribution in [0.15, 0.2) is 42.0 Å². The number of allylic oxidation sites excluding steroid dienone is 2. The number of hydrogen-bond donors (Lipinski definition) is 0. The summed E-state index contributed by atoms with van der Waals surface area (Å²) < 4.78 is 1.21. The number of rotatable bonds is 2. The normalized spacial score (nSPS) is 19.5. The quantitative estimate of drug-likeness (QED) is 0.671. The molecule has 0 saturated heterocycles. The summed E-state index contributed by atoms with van der Waals surface area (Å²) in [6.07, 6.45) is 9.13. The monoisotopic (exact) mass is 270 g/mol. The number of ketones is 1. The SMILES string of the molecule is O=C(/C1=C/CCCCCC1)c1cc2ccccc2s1. The lowest BCUT2D eigenvalue weighted by atomic mass is 9.96. The largest absolute Gasteiger partial charge is 0.288 e. The van der Waals surface area contributed by atoms with Crippen LogP contribution in [0.25, 0.3) is 10.1 Å². The van der Waals surface area contributed by atoms with E-state index in [-0.39, 0.29) is 5.78 Å². The standard InChI is InChI=1S/C17H18OS/c18-17(13-8-4-2-1-3-5-9-13)16-12-14-10-6-7-11-15(14)19-16/h6-8,10-12H,1-5,9H2/b13-8+. The average Bonchev–Trinajstić information content (AvgIpc) is 2.81. The molecule has 0 unspecified atom stereocenters. The molecular weight excluding hydrogens is 252 g/mol. The summed E-state index contributed by atoms with van der Waals surface area (Å²) in [5.74, 6) is 0.253. The van der Waals surface area contributed by atoms with Crippen molar-refractivity contribution in [1.82, 2.24) is 0 Å². The van der Waals surface area contributed by atoms with Gasteiger partial charge in [-0.25, -0.2) is 0 Å². The minimum absolute atomic E-state index is 0.253. The molecule has 0 spiro atoms. The molecule has 1 aliphatic rings. The minimum Gasteiger partial charge on any atom is -0.288 e. The van der Waals surface area contributed by atoms with Crippen LogP contribution in [0.5, 0.6) is 0 Å². The lowest BCUT2D eigenvalue weighted by molar-refractivity contribution is 0.103. The van der Waals surface area contributed by atoms with Crippen LogP contribution in [0.1, 0.15) is 48.2 Å². The average molecular weight is 270 g/mol. The predicted octanol–water partition coefficient (Wildman–Crippen LogP) is 5.36. The van der Waals surface area contributed by atoms with Gasteiger partial charge in [-0.05, 0) is 48.8 Å². The Balaban J connectivity index is 1.89. The van der Waals surface area contributed by atoms with Crippen molar-refractivity contribution < 1.29 is 4.79 Å². The van der Waals surface area contributed by atoms with Gasteiger partial charge in [-0.15, -0.1) is 11.3 Å². The van der Waals surface area contributed by atoms with Crippen LogP contribution in [0.4, 0.5) is 0 Å². The Morgan fingerprint density at radius 2 is 1.89 bits per heavy atom. The number of hydrogen-bond acceptors (Lipinski definition) is 2. The molecule has 98 valence electrons. The highest BCUT2D eigenvalue weighted by Gasteiger charge is 2.15. The minimum atomic E-state index is 0.253. The highest BCUT2D eigenvalue weighted by Crippen LogP contribution is 2.29. The van der Waals surface area contributed by atoms with Crippen LogP contribution in [0.2, 0.25) is 0 Å². The maximum atomic E-state index is 12.6. The molecular formula is C17H18OS. The molecule has 1 aromatic heterocycles. The molecule has 19 heavy (non-hydrogen) atoms. The molecule has 0 radical (unpaired) electrons. The molecule has 1 aliphatic carbocycles. The van der Waals surface area contributed by atoms with E-state index in [0.29, 0.717) is 0 Å². The fraction of sp³-hybridized carbons (Fsp3) is 0.353. The smallest absolute Gasteiger partial charge is 0.198 e. The molecule has 0 aliphatic heterocycles. The van der Waals surface area contributed by atoms with E-state index >= 15 is 0 Å². The Morgan fingerprint density at radius 3 is 2.79 bits per heavy atom. The Bertz CT molecular complexity index is 588. The van der Waals surface area contributed by atoms with Crippen molar-refractivity contribution in [2.45, 2.75) is 38.5 Å². The van der Waals surface area contributed by atoms with E-state index in [1.807, 2.05) is 18.2 Å². The highest BCUT2D eigenvalue weighted by molar-refractivity contribution is 7.21. The van der Waals surface area contributed by atoms with E-state index in [1.54, 1.807) is 11.3 Å². The summed E-state index contributed by atoms with van der Waals surface area (Å²) in [6.45, 7) is 0. The summed E-state index contributed by atoms with van der Waals surface area (Å²) >= 11 is 1.62. The molecule has 2 aromatic rings. The van der Waals surface area contributed by atoms with Gasteiger partial charge in [-0.3, -0.25) is 4.79 Å². The van der Waals surface area contributed by atoms with E-state index < -0.39 is 0 Å². The van der Waals surface area contributed by atoms with Crippen molar-refractivity contribution >= 4 is 27.2 Å². The van der Waals surface area contributed by atoms with E-state index in [1.165, 1.54) is 29.3 Å². The fourth-order valence-corrected chi connectivity index (χ4v) is 3.69. The molecule has 3 rings (SSSR count). The van der Waals surface area contributed by atoms with Gasteiger partial charge < -0.3 is 0 Å². The third-order valence-corrected chi connectivity index (χ3v) is 4.85. The van der Waals surface area contributed by atoms with Gasteiger partial charge in [0, 0.05) is 4.70 Å². The molecule has 0 bridgehead atoms. The fourth-order valence-electron chi connectivity index (χ4n) is 2.65. The van der Waals surface area contributed by atoms with Gasteiger partial charge >= 0.3 is 0 Å². The van der Waals surface area contributed by atoms with Crippen LogP contribution < -0.4 is 0 Å². The number of carbonyl (C=O) groups excluding carboxylic acids is 1. The maximum absolute atomic E-state index is 12.6. The van der Waals surface area contributed by atoms with Gasteiger partial charge in [-0.1, -0.05) is 37.1 Å². The predicted molar refractivity (Wildman–Crippen MR) is 81.9 cm³/mol. The van der Waals surface area contributed by atoms with Crippen LogP contribution >= 0.6 is 11.3 Å². The lowest BCUT2D eigenvalue weighted by Gasteiger charge is -2.09. The van der Waals surface area contributed by atoms with Crippen molar-refractivity contribution in [3.8, 4) is 0 Å². The van der Waals surface area contributed by atoms with Crippen molar-refractivity contribution in [1.29, 1.82) is 0 Å². The topological polar surface area (TPSA) is 17.1 Å². The summed E-state index contributed by atoms with van der Waals surface area (Å²) in [7, 11) is 0. The van der Waals surface area contributed by atoms with E-state index in [0.717, 1.165) is 29.7 Å². The second-order valence-electron chi connectivity index (χ2n) is 5.16. The first kappa shape index (κ1) is 12.6. The number of Topliss-reactive ketones (excluding diaryl/α,β-unsaturated/α-hetero) is 1. The highest BCUT2D eigenvalue weighted by atomic mass is 32.1. The first-order chi connectivity index (χ1) is 9.34. The zero-order valence-electron chi connectivity index (χ0n) is 11.0. The Morgan fingerprint density at radius 1 is 1.05 bits per heavy atom. The number of carbonyl (C=O) groups is 1. The van der Waals surface area contributed by atoms with E-state index in [2.05, 4.69) is 18.2 Å². The summed E-state index contributed by atoms with van der Waals surface area (Å²) in [4.78, 5) is 13.5. The van der Waals surface area contributed by atoms with Crippen molar-refractivity contribution in [3.05, 3.63) is 46.9 Å². The molecule has 0 amide bonds. The summed E-state index contributed by atoms with van der Waals surface area (Å²) in [5, 5.41) is 1.18. The first-order valence-electron chi connectivity index (χ1n) is 7.07. The molecule has 1 heterocycles. The van der Waals surface area contributed by atoms with Crippen molar-refractivity contribution in [2.75, 3.05) is 0 Å². The molecule has 0 saturated carbocycles. The Kier molecular flexibility index (Phi) is 3.79. The van der Waals surface area contributed by atoms with Crippen molar-refractivity contribution in [3.63, 3.8) is 0 Å². The number of benzene rings is 1. The van der Waals surface area contributed by atoms with Crippen LogP contribution in [-0.4, -0.2) is 5.78 Å².